The number of nitrogens with one attached hydrogen (secondary N) is 2. The molecule has 1 fully saturated rings. The zero-order valence-electron chi connectivity index (χ0n) is 19.6. The van der Waals surface area contributed by atoms with Crippen LogP contribution in [0.5, 0.6) is 5.75 Å². The molecule has 5 rings (SSSR count). The van der Waals surface area contributed by atoms with Gasteiger partial charge in [-0.3, -0.25) is 14.5 Å². The SMILES string of the molecule is NC(/C(OCC1CN(CC(=O)c2cc3c(cc2F)OCC(=O)N3)C1)=C1/C=CC=CN1)c1ccccc1. The number of carbonyl (C=O) groups is 2. The highest BCUT2D eigenvalue weighted by molar-refractivity contribution is 6.01. The molecule has 1 saturated heterocycles. The first kappa shape index (κ1) is 23.8. The number of hydrogen-bond acceptors (Lipinski definition) is 7. The van der Waals surface area contributed by atoms with Crippen molar-refractivity contribution in [3.05, 3.63) is 95.3 Å². The van der Waals surface area contributed by atoms with E-state index in [4.69, 9.17) is 15.2 Å². The normalized spacial score (nSPS) is 19.3. The number of likely N-dealkylation sites (tertiary alicyclic amines) is 1. The molecule has 0 aromatic heterocycles. The predicted molar refractivity (Wildman–Crippen MR) is 133 cm³/mol. The summed E-state index contributed by atoms with van der Waals surface area (Å²) in [5.41, 5.74) is 8.53. The zero-order chi connectivity index (χ0) is 25.1. The van der Waals surface area contributed by atoms with Gasteiger partial charge in [-0.15, -0.1) is 0 Å². The van der Waals surface area contributed by atoms with Crippen LogP contribution in [0.25, 0.3) is 0 Å². The molecule has 0 radical (unpaired) electrons. The van der Waals surface area contributed by atoms with Crippen LogP contribution in [0.2, 0.25) is 0 Å². The molecule has 36 heavy (non-hydrogen) atoms. The molecule has 0 bridgehead atoms. The maximum atomic E-state index is 14.5. The Morgan fingerprint density at radius 2 is 2.03 bits per heavy atom. The van der Waals surface area contributed by atoms with Crippen molar-refractivity contribution in [1.29, 1.82) is 0 Å². The van der Waals surface area contributed by atoms with Crippen LogP contribution < -0.4 is 21.1 Å². The molecule has 1 unspecified atom stereocenters. The van der Waals surface area contributed by atoms with Crippen LogP contribution in [0, 0.1) is 11.7 Å². The Bertz CT molecular complexity index is 1250. The number of fused-ring (bicyclic) bond motifs is 1. The molecule has 4 N–H and O–H groups in total. The van der Waals surface area contributed by atoms with E-state index in [0.29, 0.717) is 31.1 Å². The quantitative estimate of drug-likeness (QED) is 0.386. The van der Waals surface area contributed by atoms with Gasteiger partial charge < -0.3 is 25.8 Å². The van der Waals surface area contributed by atoms with Crippen LogP contribution in [0.4, 0.5) is 10.1 Å². The molecule has 1 atom stereocenters. The van der Waals surface area contributed by atoms with E-state index in [0.717, 1.165) is 17.3 Å². The summed E-state index contributed by atoms with van der Waals surface area (Å²) >= 11 is 0. The van der Waals surface area contributed by atoms with Crippen molar-refractivity contribution in [3.63, 3.8) is 0 Å². The Morgan fingerprint density at radius 1 is 1.22 bits per heavy atom. The van der Waals surface area contributed by atoms with E-state index in [1.165, 1.54) is 6.07 Å². The fourth-order valence-corrected chi connectivity index (χ4v) is 4.42. The first-order valence-corrected chi connectivity index (χ1v) is 11.8. The minimum atomic E-state index is -0.663. The summed E-state index contributed by atoms with van der Waals surface area (Å²) in [5.74, 6) is -0.275. The van der Waals surface area contributed by atoms with E-state index in [2.05, 4.69) is 10.6 Å². The Balaban J connectivity index is 1.18. The standard InChI is InChI=1S/C27H27FN4O4/c28-20-11-24-22(31-25(34)16-35-24)10-19(20)23(33)14-32-12-17(13-32)15-36-27(21-8-4-5-9-30-21)26(29)18-6-2-1-3-7-18/h1-11,17,26,30H,12-16,29H2,(H,31,34)/b27-21+. The molecule has 3 aliphatic heterocycles. The van der Waals surface area contributed by atoms with E-state index in [9.17, 15) is 14.0 Å². The number of anilines is 1. The fraction of sp³-hybridized carbons (Fsp3) is 0.259. The van der Waals surface area contributed by atoms with Crippen molar-refractivity contribution in [1.82, 2.24) is 10.2 Å². The lowest BCUT2D eigenvalue weighted by molar-refractivity contribution is -0.118. The second-order valence-electron chi connectivity index (χ2n) is 8.99. The third-order valence-electron chi connectivity index (χ3n) is 6.29. The monoisotopic (exact) mass is 490 g/mol. The van der Waals surface area contributed by atoms with Gasteiger partial charge in [-0.25, -0.2) is 4.39 Å². The highest BCUT2D eigenvalue weighted by Gasteiger charge is 2.31. The molecular formula is C27H27FN4O4. The molecule has 3 aliphatic rings. The third kappa shape index (κ3) is 5.17. The third-order valence-corrected chi connectivity index (χ3v) is 6.29. The van der Waals surface area contributed by atoms with Crippen LogP contribution in [0.3, 0.4) is 0 Å². The molecule has 2 aromatic carbocycles. The lowest BCUT2D eigenvalue weighted by Crippen LogP contribution is -2.50. The highest BCUT2D eigenvalue weighted by Crippen LogP contribution is 2.31. The number of hydrogen-bond donors (Lipinski definition) is 3. The lowest BCUT2D eigenvalue weighted by Gasteiger charge is -2.39. The van der Waals surface area contributed by atoms with Crippen LogP contribution in [0.15, 0.2) is 78.3 Å². The highest BCUT2D eigenvalue weighted by atomic mass is 19.1. The molecule has 0 aliphatic carbocycles. The Morgan fingerprint density at radius 3 is 2.78 bits per heavy atom. The summed E-state index contributed by atoms with van der Waals surface area (Å²) in [5, 5.41) is 5.80. The fourth-order valence-electron chi connectivity index (χ4n) is 4.42. The number of amides is 1. The Hall–Kier alpha value is -3.95. The van der Waals surface area contributed by atoms with Gasteiger partial charge >= 0.3 is 0 Å². The topological polar surface area (TPSA) is 106 Å². The number of allylic oxidation sites excluding steroid dienone is 3. The number of Topliss-reactive ketones (excluding diaryl/α,β-unsaturated/α-hetero) is 1. The first-order valence-electron chi connectivity index (χ1n) is 11.8. The number of ketones is 1. The summed E-state index contributed by atoms with van der Waals surface area (Å²) < 4.78 is 25.9. The molecule has 0 saturated carbocycles. The van der Waals surface area contributed by atoms with Crippen LogP contribution in [-0.4, -0.2) is 49.4 Å². The van der Waals surface area contributed by atoms with Gasteiger partial charge in [0.2, 0.25) is 0 Å². The maximum absolute atomic E-state index is 14.5. The van der Waals surface area contributed by atoms with Gasteiger partial charge in [-0.2, -0.15) is 0 Å². The lowest BCUT2D eigenvalue weighted by atomic mass is 9.99. The minimum Gasteiger partial charge on any atom is -0.493 e. The molecule has 2 aromatic rings. The number of benzene rings is 2. The molecule has 3 heterocycles. The van der Waals surface area contributed by atoms with Gasteiger partial charge in [-0.05, 0) is 23.8 Å². The van der Waals surface area contributed by atoms with Gasteiger partial charge in [0.05, 0.1) is 36.1 Å². The maximum Gasteiger partial charge on any atom is 0.262 e. The van der Waals surface area contributed by atoms with E-state index < -0.39 is 11.9 Å². The Kier molecular flexibility index (Phi) is 6.84. The molecular weight excluding hydrogens is 463 g/mol. The molecule has 1 amide bonds. The van der Waals surface area contributed by atoms with E-state index in [1.54, 1.807) is 0 Å². The van der Waals surface area contributed by atoms with Crippen molar-refractivity contribution in [2.75, 3.05) is 38.2 Å². The average molecular weight is 491 g/mol. The zero-order valence-corrected chi connectivity index (χ0v) is 19.6. The van der Waals surface area contributed by atoms with Crippen molar-refractivity contribution in [2.24, 2.45) is 11.7 Å². The number of rotatable bonds is 8. The first-order chi connectivity index (χ1) is 17.5. The number of carbonyl (C=O) groups excluding carboxylic acids is 2. The minimum absolute atomic E-state index is 0.0664. The predicted octanol–water partition coefficient (Wildman–Crippen LogP) is 2.87. The van der Waals surface area contributed by atoms with Crippen molar-refractivity contribution < 1.29 is 23.5 Å². The van der Waals surface area contributed by atoms with Gasteiger partial charge in [0.15, 0.2) is 12.4 Å². The number of nitrogens with two attached hydrogens (primary N) is 1. The Labute approximate surface area is 208 Å². The molecule has 186 valence electrons. The summed E-state index contributed by atoms with van der Waals surface area (Å²) in [6.45, 7) is 1.64. The molecule has 0 spiro atoms. The molecule has 9 heteroatoms. The van der Waals surface area contributed by atoms with Crippen LogP contribution >= 0.6 is 0 Å². The molecule has 8 nitrogen and oxygen atoms in total. The summed E-state index contributed by atoms with van der Waals surface area (Å²) in [6.07, 6.45) is 7.55. The number of nitrogens with zero attached hydrogens (tertiary/aromatic N) is 1. The second kappa shape index (κ2) is 10.3. The van der Waals surface area contributed by atoms with Gasteiger partial charge in [0.25, 0.3) is 5.91 Å². The van der Waals surface area contributed by atoms with Crippen molar-refractivity contribution in [2.45, 2.75) is 6.04 Å². The largest absolute Gasteiger partial charge is 0.493 e. The van der Waals surface area contributed by atoms with E-state index in [-0.39, 0.29) is 42.1 Å². The van der Waals surface area contributed by atoms with Crippen LogP contribution in [0.1, 0.15) is 22.0 Å². The average Bonchev–Trinajstić information content (AvgIpc) is 2.87. The van der Waals surface area contributed by atoms with E-state index in [1.807, 2.05) is 59.7 Å². The summed E-state index contributed by atoms with van der Waals surface area (Å²) in [4.78, 5) is 26.2. The van der Waals surface area contributed by atoms with E-state index >= 15 is 0 Å². The van der Waals surface area contributed by atoms with Gasteiger partial charge in [0, 0.05) is 31.3 Å². The van der Waals surface area contributed by atoms with Gasteiger partial charge in [0.1, 0.15) is 17.3 Å². The number of halogens is 1. The summed E-state index contributed by atoms with van der Waals surface area (Å²) in [6, 6.07) is 11.8. The second-order valence-corrected chi connectivity index (χ2v) is 8.99. The number of dihydropyridines is 1. The summed E-state index contributed by atoms with van der Waals surface area (Å²) in [7, 11) is 0. The van der Waals surface area contributed by atoms with Crippen LogP contribution in [-0.2, 0) is 9.53 Å². The van der Waals surface area contributed by atoms with Crippen molar-refractivity contribution in [3.8, 4) is 5.75 Å². The van der Waals surface area contributed by atoms with Gasteiger partial charge in [-0.1, -0.05) is 36.4 Å². The number of ether oxygens (including phenoxy) is 2. The van der Waals surface area contributed by atoms with Crippen molar-refractivity contribution >= 4 is 17.4 Å². The smallest absolute Gasteiger partial charge is 0.262 e.